The first-order chi connectivity index (χ1) is 6.15. The van der Waals surface area contributed by atoms with Crippen LogP contribution in [0.5, 0.6) is 0 Å². The van der Waals surface area contributed by atoms with Crippen molar-refractivity contribution >= 4 is 21.8 Å². The molecule has 0 aliphatic heterocycles. The van der Waals surface area contributed by atoms with Crippen LogP contribution in [0.25, 0.3) is 0 Å². The van der Waals surface area contributed by atoms with Crippen molar-refractivity contribution in [2.75, 3.05) is 7.11 Å². The third-order valence-electron chi connectivity index (χ3n) is 1.63. The molecular formula is C9H10BrNO2. The lowest BCUT2D eigenvalue weighted by atomic mass is 10.1. The molecule has 0 fully saturated rings. The summed E-state index contributed by atoms with van der Waals surface area (Å²) in [5, 5.41) is 0. The van der Waals surface area contributed by atoms with E-state index in [0.29, 0.717) is 5.56 Å². The zero-order chi connectivity index (χ0) is 9.84. The van der Waals surface area contributed by atoms with Crippen molar-refractivity contribution in [1.82, 2.24) is 5.48 Å². The molecule has 0 radical (unpaired) electrons. The summed E-state index contributed by atoms with van der Waals surface area (Å²) in [6.07, 6.45) is 0. The standard InChI is InChI=1S/C9H10BrNO2/c1-6-5-7(10)3-4-8(6)9(12)11-13-2/h3-5H,1-2H3,(H,11,12). The average molecular weight is 244 g/mol. The van der Waals surface area contributed by atoms with Gasteiger partial charge >= 0.3 is 0 Å². The molecule has 0 atom stereocenters. The third-order valence-corrected chi connectivity index (χ3v) is 2.12. The Morgan fingerprint density at radius 3 is 2.77 bits per heavy atom. The molecule has 70 valence electrons. The molecule has 0 heterocycles. The first-order valence-corrected chi connectivity index (χ1v) is 4.54. The summed E-state index contributed by atoms with van der Waals surface area (Å²) < 4.78 is 0.957. The van der Waals surface area contributed by atoms with E-state index in [1.54, 1.807) is 6.07 Å². The van der Waals surface area contributed by atoms with Gasteiger partial charge in [0.15, 0.2) is 0 Å². The predicted octanol–water partition coefficient (Wildman–Crippen LogP) is 2.05. The first-order valence-electron chi connectivity index (χ1n) is 3.74. The number of amides is 1. The zero-order valence-corrected chi connectivity index (χ0v) is 9.01. The summed E-state index contributed by atoms with van der Waals surface area (Å²) >= 11 is 3.32. The minimum Gasteiger partial charge on any atom is -0.277 e. The zero-order valence-electron chi connectivity index (χ0n) is 7.43. The second-order valence-electron chi connectivity index (χ2n) is 2.59. The fourth-order valence-electron chi connectivity index (χ4n) is 1.03. The van der Waals surface area contributed by atoms with Gasteiger partial charge in [0.1, 0.15) is 0 Å². The van der Waals surface area contributed by atoms with Crippen LogP contribution in [-0.2, 0) is 4.84 Å². The van der Waals surface area contributed by atoms with Gasteiger partial charge in [0.05, 0.1) is 7.11 Å². The van der Waals surface area contributed by atoms with Crippen LogP contribution in [0, 0.1) is 6.92 Å². The van der Waals surface area contributed by atoms with Crippen molar-refractivity contribution in [2.45, 2.75) is 6.92 Å². The maximum absolute atomic E-state index is 11.3. The van der Waals surface area contributed by atoms with E-state index in [9.17, 15) is 4.79 Å². The van der Waals surface area contributed by atoms with Crippen molar-refractivity contribution in [1.29, 1.82) is 0 Å². The first kappa shape index (κ1) is 10.2. The van der Waals surface area contributed by atoms with Crippen LogP contribution in [-0.4, -0.2) is 13.0 Å². The van der Waals surface area contributed by atoms with Crippen molar-refractivity contribution in [2.24, 2.45) is 0 Å². The van der Waals surface area contributed by atoms with Gasteiger partial charge in [0.2, 0.25) is 0 Å². The molecule has 0 aliphatic carbocycles. The van der Waals surface area contributed by atoms with Gasteiger partial charge in [0, 0.05) is 10.0 Å². The highest BCUT2D eigenvalue weighted by molar-refractivity contribution is 9.10. The Labute approximate surface area is 85.2 Å². The van der Waals surface area contributed by atoms with Crippen LogP contribution in [0.15, 0.2) is 22.7 Å². The van der Waals surface area contributed by atoms with E-state index >= 15 is 0 Å². The molecule has 0 aliphatic rings. The molecule has 1 N–H and O–H groups in total. The van der Waals surface area contributed by atoms with E-state index in [2.05, 4.69) is 26.2 Å². The molecule has 1 aromatic carbocycles. The number of aryl methyl sites for hydroxylation is 1. The maximum atomic E-state index is 11.3. The topological polar surface area (TPSA) is 38.3 Å². The number of nitrogens with one attached hydrogen (secondary N) is 1. The van der Waals surface area contributed by atoms with Crippen molar-refractivity contribution in [3.8, 4) is 0 Å². The van der Waals surface area contributed by atoms with Crippen LogP contribution in [0.3, 0.4) is 0 Å². The van der Waals surface area contributed by atoms with E-state index in [1.165, 1.54) is 7.11 Å². The van der Waals surface area contributed by atoms with Crippen LogP contribution < -0.4 is 5.48 Å². The fraction of sp³-hybridized carbons (Fsp3) is 0.222. The summed E-state index contributed by atoms with van der Waals surface area (Å²) in [6, 6.07) is 5.44. The summed E-state index contributed by atoms with van der Waals surface area (Å²) in [7, 11) is 1.41. The third kappa shape index (κ3) is 2.54. The normalized spacial score (nSPS) is 9.77. The van der Waals surface area contributed by atoms with Crippen molar-refractivity contribution in [3.63, 3.8) is 0 Å². The SMILES string of the molecule is CONC(=O)c1ccc(Br)cc1C. The van der Waals surface area contributed by atoms with Crippen molar-refractivity contribution in [3.05, 3.63) is 33.8 Å². The fourth-order valence-corrected chi connectivity index (χ4v) is 1.51. The highest BCUT2D eigenvalue weighted by Gasteiger charge is 2.07. The molecule has 1 aromatic rings. The van der Waals surface area contributed by atoms with Gasteiger partial charge in [-0.25, -0.2) is 5.48 Å². The molecule has 3 nitrogen and oxygen atoms in total. The Morgan fingerprint density at radius 1 is 1.54 bits per heavy atom. The van der Waals surface area contributed by atoms with Crippen LogP contribution >= 0.6 is 15.9 Å². The quantitative estimate of drug-likeness (QED) is 0.808. The second kappa shape index (κ2) is 4.39. The number of hydroxylamine groups is 1. The smallest absolute Gasteiger partial charge is 0.275 e. The molecule has 0 spiro atoms. The molecule has 1 amide bonds. The van der Waals surface area contributed by atoms with Crippen LogP contribution in [0.4, 0.5) is 0 Å². The highest BCUT2D eigenvalue weighted by Crippen LogP contribution is 2.15. The Morgan fingerprint density at radius 2 is 2.23 bits per heavy atom. The lowest BCUT2D eigenvalue weighted by Crippen LogP contribution is -2.22. The molecule has 4 heteroatoms. The minimum atomic E-state index is -0.229. The Balaban J connectivity index is 2.95. The Bertz CT molecular complexity index is 325. The number of hydrogen-bond donors (Lipinski definition) is 1. The van der Waals surface area contributed by atoms with Crippen molar-refractivity contribution < 1.29 is 9.63 Å². The highest BCUT2D eigenvalue weighted by atomic mass is 79.9. The van der Waals surface area contributed by atoms with E-state index in [0.717, 1.165) is 10.0 Å². The number of rotatable bonds is 2. The minimum absolute atomic E-state index is 0.229. The molecular weight excluding hydrogens is 234 g/mol. The van der Waals surface area contributed by atoms with Gasteiger partial charge in [-0.3, -0.25) is 9.63 Å². The van der Waals surface area contributed by atoms with E-state index in [-0.39, 0.29) is 5.91 Å². The summed E-state index contributed by atoms with van der Waals surface area (Å²) in [5.41, 5.74) is 3.79. The number of carbonyl (C=O) groups excluding carboxylic acids is 1. The number of benzene rings is 1. The van der Waals surface area contributed by atoms with Crippen LogP contribution in [0.2, 0.25) is 0 Å². The number of halogens is 1. The largest absolute Gasteiger partial charge is 0.277 e. The maximum Gasteiger partial charge on any atom is 0.275 e. The van der Waals surface area contributed by atoms with E-state index in [4.69, 9.17) is 0 Å². The summed E-state index contributed by atoms with van der Waals surface area (Å²) in [5.74, 6) is -0.229. The monoisotopic (exact) mass is 243 g/mol. The van der Waals surface area contributed by atoms with Gasteiger partial charge in [-0.15, -0.1) is 0 Å². The lowest BCUT2D eigenvalue weighted by molar-refractivity contribution is 0.0537. The molecule has 13 heavy (non-hydrogen) atoms. The van der Waals surface area contributed by atoms with E-state index in [1.807, 2.05) is 19.1 Å². The lowest BCUT2D eigenvalue weighted by Gasteiger charge is -2.05. The van der Waals surface area contributed by atoms with E-state index < -0.39 is 0 Å². The molecule has 0 bridgehead atoms. The number of hydrogen-bond acceptors (Lipinski definition) is 2. The molecule has 0 saturated heterocycles. The molecule has 0 saturated carbocycles. The summed E-state index contributed by atoms with van der Waals surface area (Å²) in [6.45, 7) is 1.87. The molecule has 0 unspecified atom stereocenters. The Kier molecular flexibility index (Phi) is 3.45. The number of carbonyl (C=O) groups is 1. The molecule has 0 aromatic heterocycles. The Hall–Kier alpha value is -0.870. The predicted molar refractivity (Wildman–Crippen MR) is 53.4 cm³/mol. The van der Waals surface area contributed by atoms with Gasteiger partial charge < -0.3 is 0 Å². The summed E-state index contributed by atoms with van der Waals surface area (Å²) in [4.78, 5) is 15.9. The van der Waals surface area contributed by atoms with Gasteiger partial charge in [0.25, 0.3) is 5.91 Å². The second-order valence-corrected chi connectivity index (χ2v) is 3.51. The van der Waals surface area contributed by atoms with Crippen LogP contribution in [0.1, 0.15) is 15.9 Å². The average Bonchev–Trinajstić information content (AvgIpc) is 2.04. The van der Waals surface area contributed by atoms with Gasteiger partial charge in [-0.2, -0.15) is 0 Å². The van der Waals surface area contributed by atoms with Gasteiger partial charge in [-0.1, -0.05) is 15.9 Å². The molecule has 1 rings (SSSR count). The van der Waals surface area contributed by atoms with Gasteiger partial charge in [-0.05, 0) is 30.7 Å².